The van der Waals surface area contributed by atoms with Gasteiger partial charge in [0.1, 0.15) is 0 Å². The smallest absolute Gasteiger partial charge is 0.343 e. The first-order chi connectivity index (χ1) is 17.7. The largest absolute Gasteiger partial charge is 0.416 e. The van der Waals surface area contributed by atoms with Crippen LogP contribution in [0.25, 0.3) is 16.8 Å². The first-order valence-corrected chi connectivity index (χ1v) is 12.6. The Bertz CT molecular complexity index is 1380. The second-order valence-corrected chi connectivity index (χ2v) is 10.0. The number of hydrogen-bond donors (Lipinski definition) is 0. The summed E-state index contributed by atoms with van der Waals surface area (Å²) in [5.74, 6) is 0.226. The lowest BCUT2D eigenvalue weighted by Gasteiger charge is -2.31. The molecule has 1 unspecified atom stereocenters. The highest BCUT2D eigenvalue weighted by Crippen LogP contribution is 2.36. The molecule has 5 rings (SSSR count). The van der Waals surface area contributed by atoms with Gasteiger partial charge in [-0.2, -0.15) is 18.3 Å². The number of aromatic nitrogens is 3. The van der Waals surface area contributed by atoms with Crippen molar-refractivity contribution in [1.29, 1.82) is 0 Å². The first-order valence-electron chi connectivity index (χ1n) is 12.6. The predicted octanol–water partition coefficient (Wildman–Crippen LogP) is 6.32. The van der Waals surface area contributed by atoms with Crippen LogP contribution in [0.5, 0.6) is 0 Å². The van der Waals surface area contributed by atoms with E-state index in [2.05, 4.69) is 29.1 Å². The molecule has 4 aromatic rings. The monoisotopic (exact) mass is 506 g/mol. The van der Waals surface area contributed by atoms with Gasteiger partial charge in [0, 0.05) is 36.7 Å². The molecule has 1 aliphatic heterocycles. The Hall–Kier alpha value is -3.68. The normalized spacial score (nSPS) is 15.9. The molecule has 2 aromatic heterocycles. The summed E-state index contributed by atoms with van der Waals surface area (Å²) in [6.45, 7) is 3.76. The van der Waals surface area contributed by atoms with Crippen molar-refractivity contribution < 1.29 is 18.0 Å². The molecular weight excluding hydrogens is 477 g/mol. The minimum absolute atomic E-state index is 0.226. The molecule has 0 saturated carbocycles. The third-order valence-corrected chi connectivity index (χ3v) is 7.31. The van der Waals surface area contributed by atoms with Crippen molar-refractivity contribution in [3.05, 3.63) is 89.9 Å². The molecule has 1 saturated heterocycles. The topological polar surface area (TPSA) is 50.5 Å². The van der Waals surface area contributed by atoms with Gasteiger partial charge in [-0.1, -0.05) is 49.4 Å². The molecule has 192 valence electrons. The lowest BCUT2D eigenvalue weighted by Crippen LogP contribution is -2.31. The predicted molar refractivity (Wildman–Crippen MR) is 136 cm³/mol. The van der Waals surface area contributed by atoms with Crippen molar-refractivity contribution in [3.8, 4) is 11.1 Å². The zero-order valence-electron chi connectivity index (χ0n) is 20.7. The standard InChI is InChI=1S/C29H29F3N4O/c1-28(19-21-7-3-2-4-8-21,15-6-18-35-17-5-9-26(35)37)25-14-16-33-27-24(20-34-36(25)27)22-10-12-23(13-11-22)29(30,31)32/h2-4,7-8,10-14,16,20H,5-6,9,15,17-19H2,1H3. The van der Waals surface area contributed by atoms with Crippen LogP contribution in [0.3, 0.4) is 0 Å². The highest BCUT2D eigenvalue weighted by atomic mass is 19.4. The van der Waals surface area contributed by atoms with E-state index in [-0.39, 0.29) is 11.3 Å². The van der Waals surface area contributed by atoms with Crippen molar-refractivity contribution in [3.63, 3.8) is 0 Å². The fourth-order valence-corrected chi connectivity index (χ4v) is 5.34. The van der Waals surface area contributed by atoms with Gasteiger partial charge in [-0.05, 0) is 55.0 Å². The number of benzene rings is 2. The lowest BCUT2D eigenvalue weighted by atomic mass is 9.76. The molecular formula is C29H29F3N4O. The number of halogens is 3. The second kappa shape index (κ2) is 10.00. The number of hydrogen-bond acceptors (Lipinski definition) is 3. The molecule has 0 aliphatic carbocycles. The van der Waals surface area contributed by atoms with Crippen molar-refractivity contribution in [2.75, 3.05) is 13.1 Å². The van der Waals surface area contributed by atoms with E-state index in [1.807, 2.05) is 33.7 Å². The molecule has 0 spiro atoms. The molecule has 5 nitrogen and oxygen atoms in total. The maximum absolute atomic E-state index is 13.0. The molecule has 1 atom stereocenters. The fourth-order valence-electron chi connectivity index (χ4n) is 5.34. The SMILES string of the molecule is CC(CCCN1CCCC1=O)(Cc1ccccc1)c1ccnc2c(-c3ccc(C(F)(F)F)cc3)cnn12. The number of amides is 1. The summed E-state index contributed by atoms with van der Waals surface area (Å²) in [5.41, 5.74) is 3.09. The van der Waals surface area contributed by atoms with E-state index in [0.717, 1.165) is 56.6 Å². The van der Waals surface area contributed by atoms with Crippen LogP contribution in [0.2, 0.25) is 0 Å². The number of alkyl halides is 3. The quantitative estimate of drug-likeness (QED) is 0.281. The Kier molecular flexibility index (Phi) is 6.75. The fraction of sp³-hybridized carbons (Fsp3) is 0.345. The Morgan fingerprint density at radius 3 is 2.43 bits per heavy atom. The Balaban J connectivity index is 1.49. The van der Waals surface area contributed by atoms with Gasteiger partial charge in [0.15, 0.2) is 5.65 Å². The van der Waals surface area contributed by atoms with Crippen molar-refractivity contribution >= 4 is 11.6 Å². The van der Waals surface area contributed by atoms with E-state index in [4.69, 9.17) is 0 Å². The summed E-state index contributed by atoms with van der Waals surface area (Å²) < 4.78 is 41.0. The lowest BCUT2D eigenvalue weighted by molar-refractivity contribution is -0.137. The molecule has 37 heavy (non-hydrogen) atoms. The molecule has 1 fully saturated rings. The average molecular weight is 507 g/mol. The Morgan fingerprint density at radius 2 is 1.76 bits per heavy atom. The summed E-state index contributed by atoms with van der Waals surface area (Å²) in [6.07, 6.45) is 3.04. The maximum atomic E-state index is 13.0. The highest BCUT2D eigenvalue weighted by Gasteiger charge is 2.32. The zero-order valence-corrected chi connectivity index (χ0v) is 20.7. The van der Waals surface area contributed by atoms with Crippen LogP contribution in [0.15, 0.2) is 73.1 Å². The van der Waals surface area contributed by atoms with E-state index in [0.29, 0.717) is 23.2 Å². The summed E-state index contributed by atoms with van der Waals surface area (Å²) >= 11 is 0. The molecule has 8 heteroatoms. The van der Waals surface area contributed by atoms with E-state index in [9.17, 15) is 18.0 Å². The van der Waals surface area contributed by atoms with Crippen molar-refractivity contribution in [2.45, 2.75) is 50.6 Å². The molecule has 1 amide bonds. The number of fused-ring (bicyclic) bond motifs is 1. The first kappa shape index (κ1) is 25.0. The van der Waals surface area contributed by atoms with Crippen LogP contribution >= 0.6 is 0 Å². The van der Waals surface area contributed by atoms with Crippen LogP contribution in [-0.4, -0.2) is 38.5 Å². The minimum atomic E-state index is -4.38. The summed E-state index contributed by atoms with van der Waals surface area (Å²) in [5, 5.41) is 4.64. The Morgan fingerprint density at radius 1 is 1.00 bits per heavy atom. The van der Waals surface area contributed by atoms with E-state index >= 15 is 0 Å². The van der Waals surface area contributed by atoms with Crippen LogP contribution < -0.4 is 0 Å². The molecule has 3 heterocycles. The van der Waals surface area contributed by atoms with Crippen LogP contribution in [-0.2, 0) is 22.8 Å². The number of nitrogens with zero attached hydrogens (tertiary/aromatic N) is 4. The molecule has 0 N–H and O–H groups in total. The molecule has 2 aromatic carbocycles. The van der Waals surface area contributed by atoms with Gasteiger partial charge < -0.3 is 4.90 Å². The minimum Gasteiger partial charge on any atom is -0.343 e. The summed E-state index contributed by atoms with van der Waals surface area (Å²) in [4.78, 5) is 18.6. The second-order valence-electron chi connectivity index (χ2n) is 10.0. The Labute approximate surface area is 213 Å². The number of carbonyl (C=O) groups excluding carboxylic acids is 1. The third kappa shape index (κ3) is 5.24. The van der Waals surface area contributed by atoms with Gasteiger partial charge in [-0.3, -0.25) is 4.79 Å². The van der Waals surface area contributed by atoms with Gasteiger partial charge in [0.25, 0.3) is 0 Å². The van der Waals surface area contributed by atoms with Gasteiger partial charge >= 0.3 is 6.18 Å². The van der Waals surface area contributed by atoms with E-state index in [1.54, 1.807) is 12.4 Å². The summed E-state index contributed by atoms with van der Waals surface area (Å²) in [6, 6.07) is 17.3. The van der Waals surface area contributed by atoms with Gasteiger partial charge in [-0.25, -0.2) is 9.50 Å². The number of rotatable bonds is 8. The van der Waals surface area contributed by atoms with Gasteiger partial charge in [0.05, 0.1) is 17.5 Å². The van der Waals surface area contributed by atoms with Crippen LogP contribution in [0.4, 0.5) is 13.2 Å². The van der Waals surface area contributed by atoms with Gasteiger partial charge in [0.2, 0.25) is 5.91 Å². The number of likely N-dealkylation sites (tertiary alicyclic amines) is 1. The maximum Gasteiger partial charge on any atom is 0.416 e. The zero-order chi connectivity index (χ0) is 26.0. The van der Waals surface area contributed by atoms with Gasteiger partial charge in [-0.15, -0.1) is 0 Å². The molecule has 0 radical (unpaired) electrons. The van der Waals surface area contributed by atoms with Crippen LogP contribution in [0, 0.1) is 0 Å². The summed E-state index contributed by atoms with van der Waals surface area (Å²) in [7, 11) is 0. The van der Waals surface area contributed by atoms with E-state index < -0.39 is 11.7 Å². The highest BCUT2D eigenvalue weighted by molar-refractivity contribution is 5.78. The number of carbonyl (C=O) groups is 1. The average Bonchev–Trinajstić information content (AvgIpc) is 3.50. The molecule has 0 bridgehead atoms. The van der Waals surface area contributed by atoms with Crippen LogP contribution in [0.1, 0.15) is 49.4 Å². The van der Waals surface area contributed by atoms with Crippen molar-refractivity contribution in [2.24, 2.45) is 0 Å². The molecule has 1 aliphatic rings. The van der Waals surface area contributed by atoms with E-state index in [1.165, 1.54) is 17.7 Å². The third-order valence-electron chi connectivity index (χ3n) is 7.31. The van der Waals surface area contributed by atoms with Crippen molar-refractivity contribution in [1.82, 2.24) is 19.5 Å².